The van der Waals surface area contributed by atoms with Crippen LogP contribution >= 0.6 is 0 Å². The molecule has 1 aliphatic carbocycles. The number of aromatic nitrogens is 2. The maximum atomic E-state index is 14.3. The number of carbonyl (C=O) groups is 1. The number of rotatable bonds is 8. The van der Waals surface area contributed by atoms with Gasteiger partial charge in [-0.25, -0.2) is 13.2 Å². The number of benzene rings is 1. The molecule has 0 saturated heterocycles. The number of alkyl halides is 1. The Kier molecular flexibility index (Phi) is 8.94. The lowest BCUT2D eigenvalue weighted by molar-refractivity contribution is 0.0997. The molecule has 1 heterocycles. The van der Waals surface area contributed by atoms with E-state index in [0.29, 0.717) is 31.1 Å². The van der Waals surface area contributed by atoms with E-state index in [1.165, 1.54) is 13.2 Å². The number of nitrogens with zero attached hydrogens (tertiary/aromatic N) is 3. The summed E-state index contributed by atoms with van der Waals surface area (Å²) in [6.45, 7) is 6.80. The second-order valence-corrected chi connectivity index (χ2v) is 6.92. The lowest BCUT2D eigenvalue weighted by Crippen LogP contribution is -2.30. The van der Waals surface area contributed by atoms with Gasteiger partial charge in [0, 0.05) is 18.2 Å². The number of hydrogen-bond acceptors (Lipinski definition) is 6. The highest BCUT2D eigenvalue weighted by atomic mass is 19.1. The zero-order valence-electron chi connectivity index (χ0n) is 17.5. The average molecular weight is 447 g/mol. The fourth-order valence-corrected chi connectivity index (χ4v) is 2.89. The number of methoxy groups -OCH3 is 1. The number of nitrogens with two attached hydrogens (primary N) is 1. The minimum atomic E-state index is -0.726. The van der Waals surface area contributed by atoms with Crippen LogP contribution in [0.2, 0.25) is 0 Å². The molecule has 0 unspecified atom stereocenters. The van der Waals surface area contributed by atoms with E-state index in [-0.39, 0.29) is 22.6 Å². The number of primary amides is 1. The van der Waals surface area contributed by atoms with Gasteiger partial charge in [-0.05, 0) is 49.8 Å². The number of halogens is 3. The zero-order valence-corrected chi connectivity index (χ0v) is 17.5. The second-order valence-electron chi connectivity index (χ2n) is 6.92. The van der Waals surface area contributed by atoms with E-state index in [1.807, 2.05) is 0 Å². The van der Waals surface area contributed by atoms with E-state index in [4.69, 9.17) is 10.5 Å². The average Bonchev–Trinajstić information content (AvgIpc) is 2.76. The van der Waals surface area contributed by atoms with Crippen molar-refractivity contribution in [3.63, 3.8) is 0 Å². The van der Waals surface area contributed by atoms with Crippen molar-refractivity contribution in [2.75, 3.05) is 19.0 Å². The molecule has 1 aliphatic rings. The van der Waals surface area contributed by atoms with Gasteiger partial charge in [0.05, 0.1) is 24.6 Å². The molecule has 0 spiro atoms. The van der Waals surface area contributed by atoms with Crippen LogP contribution in [0.25, 0.3) is 11.3 Å². The SMILES string of the molecule is C=C/C(F)=C\N=C.COc1cc(F)c(-c2ccc(NCC3CC(F)C3)nn2)cc1C(N)=O. The Labute approximate surface area is 183 Å². The topological polar surface area (TPSA) is 102 Å². The number of allylic oxidation sites excluding steroid dienone is 2. The van der Waals surface area contributed by atoms with Crippen molar-refractivity contribution in [3.8, 4) is 17.0 Å². The molecule has 3 rings (SSSR count). The van der Waals surface area contributed by atoms with Crippen LogP contribution in [0.4, 0.5) is 19.0 Å². The monoisotopic (exact) mass is 447 g/mol. The molecule has 1 fully saturated rings. The second kappa shape index (κ2) is 11.6. The van der Waals surface area contributed by atoms with Crippen molar-refractivity contribution in [2.24, 2.45) is 16.6 Å². The summed E-state index contributed by atoms with van der Waals surface area (Å²) in [6, 6.07) is 5.63. The summed E-state index contributed by atoms with van der Waals surface area (Å²) in [5.41, 5.74) is 5.73. The molecular weight excluding hydrogens is 423 g/mol. The molecule has 1 aromatic heterocycles. The normalized spacial score (nSPS) is 17.3. The molecule has 0 bridgehead atoms. The van der Waals surface area contributed by atoms with Gasteiger partial charge in [0.1, 0.15) is 29.4 Å². The molecular formula is C22H24F3N5O2. The highest BCUT2D eigenvalue weighted by Crippen LogP contribution is 2.31. The smallest absolute Gasteiger partial charge is 0.252 e. The summed E-state index contributed by atoms with van der Waals surface area (Å²) in [7, 11) is 1.33. The van der Waals surface area contributed by atoms with Gasteiger partial charge in [0.25, 0.3) is 5.91 Å². The van der Waals surface area contributed by atoms with Crippen LogP contribution in [-0.4, -0.2) is 42.6 Å². The van der Waals surface area contributed by atoms with Gasteiger partial charge in [-0.2, -0.15) is 0 Å². The van der Waals surface area contributed by atoms with Crippen molar-refractivity contribution in [1.82, 2.24) is 10.2 Å². The first-order valence-electron chi connectivity index (χ1n) is 9.62. The fraction of sp³-hybridized carbons (Fsp3) is 0.273. The molecule has 0 aliphatic heterocycles. The minimum Gasteiger partial charge on any atom is -0.496 e. The van der Waals surface area contributed by atoms with Crippen LogP contribution in [0.1, 0.15) is 23.2 Å². The Hall–Kier alpha value is -3.69. The molecule has 1 aromatic carbocycles. The quantitative estimate of drug-likeness (QED) is 0.466. The van der Waals surface area contributed by atoms with Crippen LogP contribution in [0.3, 0.4) is 0 Å². The molecule has 0 atom stereocenters. The Bertz CT molecular complexity index is 990. The number of nitrogens with one attached hydrogen (secondary N) is 1. The van der Waals surface area contributed by atoms with Gasteiger partial charge in [-0.15, -0.1) is 10.2 Å². The summed E-state index contributed by atoms with van der Waals surface area (Å²) in [5, 5.41) is 11.1. The third-order valence-corrected chi connectivity index (χ3v) is 4.65. The molecule has 2 aromatic rings. The van der Waals surface area contributed by atoms with Gasteiger partial charge >= 0.3 is 0 Å². The zero-order chi connectivity index (χ0) is 23.7. The molecule has 3 N–H and O–H groups in total. The first kappa shape index (κ1) is 24.6. The molecule has 10 heteroatoms. The summed E-state index contributed by atoms with van der Waals surface area (Å²) in [6.07, 6.45) is 2.48. The number of aliphatic imine (C=N–C) groups is 1. The van der Waals surface area contributed by atoms with Crippen LogP contribution in [0, 0.1) is 11.7 Å². The third-order valence-electron chi connectivity index (χ3n) is 4.65. The molecule has 7 nitrogen and oxygen atoms in total. The Morgan fingerprint density at radius 2 is 2.09 bits per heavy atom. The van der Waals surface area contributed by atoms with Gasteiger partial charge in [0.15, 0.2) is 0 Å². The van der Waals surface area contributed by atoms with E-state index >= 15 is 0 Å². The van der Waals surface area contributed by atoms with Crippen molar-refractivity contribution in [3.05, 3.63) is 60.3 Å². The van der Waals surface area contributed by atoms with Crippen LogP contribution in [0.5, 0.6) is 5.75 Å². The molecule has 32 heavy (non-hydrogen) atoms. The highest BCUT2D eigenvalue weighted by molar-refractivity contribution is 5.97. The maximum absolute atomic E-state index is 14.3. The summed E-state index contributed by atoms with van der Waals surface area (Å²) < 4.78 is 43.7. The maximum Gasteiger partial charge on any atom is 0.252 e. The van der Waals surface area contributed by atoms with Gasteiger partial charge < -0.3 is 15.8 Å². The lowest BCUT2D eigenvalue weighted by Gasteiger charge is -2.29. The van der Waals surface area contributed by atoms with Gasteiger partial charge in [-0.3, -0.25) is 9.79 Å². The molecule has 1 amide bonds. The Morgan fingerprint density at radius 3 is 2.56 bits per heavy atom. The largest absolute Gasteiger partial charge is 0.496 e. The van der Waals surface area contributed by atoms with E-state index < -0.39 is 23.7 Å². The first-order valence-corrected chi connectivity index (χ1v) is 9.62. The molecule has 170 valence electrons. The van der Waals surface area contributed by atoms with Crippen LogP contribution < -0.4 is 15.8 Å². The first-order chi connectivity index (χ1) is 15.3. The lowest BCUT2D eigenvalue weighted by atomic mass is 9.83. The van der Waals surface area contributed by atoms with Crippen molar-refractivity contribution in [1.29, 1.82) is 0 Å². The number of anilines is 1. The van der Waals surface area contributed by atoms with E-state index in [2.05, 4.69) is 33.8 Å². The van der Waals surface area contributed by atoms with Crippen LogP contribution in [-0.2, 0) is 0 Å². The Morgan fingerprint density at radius 1 is 1.38 bits per heavy atom. The summed E-state index contributed by atoms with van der Waals surface area (Å²) in [5.74, 6) is -0.901. The molecule has 0 radical (unpaired) electrons. The van der Waals surface area contributed by atoms with Crippen LogP contribution in [0.15, 0.2) is 53.9 Å². The number of amides is 1. The third kappa shape index (κ3) is 6.66. The van der Waals surface area contributed by atoms with E-state index in [9.17, 15) is 18.0 Å². The van der Waals surface area contributed by atoms with E-state index in [0.717, 1.165) is 18.3 Å². The van der Waals surface area contributed by atoms with Gasteiger partial charge in [0.2, 0.25) is 0 Å². The minimum absolute atomic E-state index is 0.0617. The standard InChI is InChI=1S/C17H18F2N4O2.C5H6FN/c1-25-15-7-13(19)11(6-12(15)17(20)24)14-2-3-16(23-22-14)21-8-9-4-10(18)5-9;1-3-5(6)4-7-2/h2-3,6-7,9-10H,4-5,8H2,1H3,(H2,20,24)(H,21,23);3-4H,1-2H2/b;5-4+. The fourth-order valence-electron chi connectivity index (χ4n) is 2.89. The predicted molar refractivity (Wildman–Crippen MR) is 118 cm³/mol. The number of carbonyl (C=O) groups excluding carboxylic acids is 1. The summed E-state index contributed by atoms with van der Waals surface area (Å²) in [4.78, 5) is 14.6. The Balaban J connectivity index is 0.000000451. The number of ether oxygens (including phenoxy) is 1. The van der Waals surface area contributed by atoms with Gasteiger partial charge in [-0.1, -0.05) is 6.58 Å². The summed E-state index contributed by atoms with van der Waals surface area (Å²) >= 11 is 0. The van der Waals surface area contributed by atoms with E-state index in [1.54, 1.807) is 12.1 Å². The highest BCUT2D eigenvalue weighted by Gasteiger charge is 2.28. The van der Waals surface area contributed by atoms with Crippen molar-refractivity contribution < 1.29 is 22.7 Å². The van der Waals surface area contributed by atoms with Crippen molar-refractivity contribution in [2.45, 2.75) is 19.0 Å². The van der Waals surface area contributed by atoms with Crippen molar-refractivity contribution >= 4 is 18.4 Å². The predicted octanol–water partition coefficient (Wildman–Crippen LogP) is 4.23. The molecule has 1 saturated carbocycles. The number of hydrogen-bond donors (Lipinski definition) is 2.